The predicted octanol–water partition coefficient (Wildman–Crippen LogP) is 4.61. The quantitative estimate of drug-likeness (QED) is 0.374. The third-order valence-corrected chi connectivity index (χ3v) is 4.02. The second-order valence-corrected chi connectivity index (χ2v) is 6.24. The Morgan fingerprint density at radius 1 is 0.889 bits per heavy atom. The van der Waals surface area contributed by atoms with Crippen LogP contribution in [0.1, 0.15) is 66.7 Å². The Labute approximate surface area is 113 Å². The van der Waals surface area contributed by atoms with Crippen molar-refractivity contribution in [2.45, 2.75) is 84.2 Å². The summed E-state index contributed by atoms with van der Waals surface area (Å²) in [5.74, 6) is 0. The van der Waals surface area contributed by atoms with E-state index in [1.54, 1.807) is 0 Å². The molecule has 1 fully saturated rings. The Balaban J connectivity index is 2.20. The molecule has 1 aliphatic heterocycles. The summed E-state index contributed by atoms with van der Waals surface area (Å²) in [4.78, 5) is 0. The van der Waals surface area contributed by atoms with Crippen LogP contribution in [0, 0.1) is 0 Å². The van der Waals surface area contributed by atoms with Crippen LogP contribution in [0.2, 0.25) is 6.32 Å². The first-order valence-corrected chi connectivity index (χ1v) is 7.39. The van der Waals surface area contributed by atoms with Crippen molar-refractivity contribution >= 4 is 7.12 Å². The molecule has 18 heavy (non-hydrogen) atoms. The maximum Gasteiger partial charge on any atom is 0.461 e. The van der Waals surface area contributed by atoms with Crippen LogP contribution in [0.3, 0.4) is 0 Å². The van der Waals surface area contributed by atoms with E-state index < -0.39 is 0 Å². The van der Waals surface area contributed by atoms with E-state index in [0.717, 1.165) is 6.32 Å². The van der Waals surface area contributed by atoms with Crippen molar-refractivity contribution in [3.8, 4) is 0 Å². The van der Waals surface area contributed by atoms with Crippen LogP contribution in [0.5, 0.6) is 0 Å². The van der Waals surface area contributed by atoms with Gasteiger partial charge < -0.3 is 9.31 Å². The molecule has 1 heterocycles. The molecule has 0 atom stereocenters. The van der Waals surface area contributed by atoms with E-state index in [-0.39, 0.29) is 18.3 Å². The van der Waals surface area contributed by atoms with Gasteiger partial charge in [0.1, 0.15) is 0 Å². The summed E-state index contributed by atoms with van der Waals surface area (Å²) < 4.78 is 11.9. The van der Waals surface area contributed by atoms with Crippen molar-refractivity contribution in [3.05, 3.63) is 12.2 Å². The van der Waals surface area contributed by atoms with Crippen molar-refractivity contribution in [1.82, 2.24) is 0 Å². The first-order chi connectivity index (χ1) is 8.39. The highest BCUT2D eigenvalue weighted by atomic mass is 16.7. The number of allylic oxidation sites excluding steroid dienone is 2. The van der Waals surface area contributed by atoms with Gasteiger partial charge in [-0.05, 0) is 40.5 Å². The zero-order chi connectivity index (χ0) is 13.6. The molecule has 104 valence electrons. The molecule has 0 bridgehead atoms. The fourth-order valence-electron chi connectivity index (χ4n) is 2.08. The molecule has 0 unspecified atom stereocenters. The standard InChI is InChI=1S/C15H29BO2/c1-6-7-8-9-10-11-12-13-16-17-14(2,3)15(4,5)18-16/h11-12H,6-10,13H2,1-5H3/b12-11+. The summed E-state index contributed by atoms with van der Waals surface area (Å²) in [6.07, 6.45) is 11.8. The van der Waals surface area contributed by atoms with Crippen molar-refractivity contribution in [2.75, 3.05) is 0 Å². The monoisotopic (exact) mass is 252 g/mol. The lowest BCUT2D eigenvalue weighted by atomic mass is 9.85. The molecular formula is C15H29BO2. The van der Waals surface area contributed by atoms with E-state index in [0.29, 0.717) is 0 Å². The molecular weight excluding hydrogens is 223 g/mol. The summed E-state index contributed by atoms with van der Waals surface area (Å²) >= 11 is 0. The van der Waals surface area contributed by atoms with Gasteiger partial charge >= 0.3 is 7.12 Å². The van der Waals surface area contributed by atoms with Gasteiger partial charge in [0.05, 0.1) is 11.2 Å². The topological polar surface area (TPSA) is 18.5 Å². The number of rotatable bonds is 7. The first-order valence-electron chi connectivity index (χ1n) is 7.39. The van der Waals surface area contributed by atoms with Gasteiger partial charge in [0, 0.05) is 6.32 Å². The Kier molecular flexibility index (Phi) is 5.93. The minimum Gasteiger partial charge on any atom is -0.403 e. The Morgan fingerprint density at radius 2 is 1.50 bits per heavy atom. The number of unbranched alkanes of at least 4 members (excludes halogenated alkanes) is 4. The molecule has 0 aliphatic carbocycles. The molecule has 0 aromatic carbocycles. The Hall–Kier alpha value is -0.275. The highest BCUT2D eigenvalue weighted by Gasteiger charge is 2.50. The summed E-state index contributed by atoms with van der Waals surface area (Å²) in [6.45, 7) is 10.6. The minimum absolute atomic E-state index is 0.0816. The fraction of sp³-hybridized carbons (Fsp3) is 0.867. The van der Waals surface area contributed by atoms with Gasteiger partial charge in [-0.15, -0.1) is 0 Å². The van der Waals surface area contributed by atoms with E-state index in [4.69, 9.17) is 9.31 Å². The highest BCUT2D eigenvalue weighted by molar-refractivity contribution is 6.46. The average molecular weight is 252 g/mol. The smallest absolute Gasteiger partial charge is 0.403 e. The van der Waals surface area contributed by atoms with Crippen molar-refractivity contribution in [2.24, 2.45) is 0 Å². The third kappa shape index (κ3) is 4.44. The van der Waals surface area contributed by atoms with Crippen molar-refractivity contribution in [1.29, 1.82) is 0 Å². The van der Waals surface area contributed by atoms with E-state index in [9.17, 15) is 0 Å². The second-order valence-electron chi connectivity index (χ2n) is 6.24. The Bertz CT molecular complexity index is 256. The Morgan fingerprint density at radius 3 is 2.06 bits per heavy atom. The van der Waals surface area contributed by atoms with Crippen LogP contribution in [0.25, 0.3) is 0 Å². The molecule has 0 spiro atoms. The van der Waals surface area contributed by atoms with E-state index in [1.165, 1.54) is 32.1 Å². The van der Waals surface area contributed by atoms with Crippen LogP contribution in [-0.4, -0.2) is 18.3 Å². The van der Waals surface area contributed by atoms with Gasteiger partial charge in [0.15, 0.2) is 0 Å². The SMILES string of the molecule is CCCCCC/C=C/CB1OC(C)(C)C(C)(C)O1. The summed E-state index contributed by atoms with van der Waals surface area (Å²) in [6, 6.07) is 0. The van der Waals surface area contributed by atoms with Crippen LogP contribution in [0.15, 0.2) is 12.2 Å². The fourth-order valence-corrected chi connectivity index (χ4v) is 2.08. The second kappa shape index (κ2) is 6.77. The van der Waals surface area contributed by atoms with Gasteiger partial charge in [0.25, 0.3) is 0 Å². The van der Waals surface area contributed by atoms with Gasteiger partial charge in [-0.25, -0.2) is 0 Å². The molecule has 0 N–H and O–H groups in total. The van der Waals surface area contributed by atoms with Crippen LogP contribution < -0.4 is 0 Å². The summed E-state index contributed by atoms with van der Waals surface area (Å²) in [5.41, 5.74) is -0.404. The summed E-state index contributed by atoms with van der Waals surface area (Å²) in [5, 5.41) is 0. The van der Waals surface area contributed by atoms with Crippen molar-refractivity contribution < 1.29 is 9.31 Å². The zero-order valence-corrected chi connectivity index (χ0v) is 12.8. The van der Waals surface area contributed by atoms with Crippen LogP contribution >= 0.6 is 0 Å². The lowest BCUT2D eigenvalue weighted by Gasteiger charge is -2.32. The molecule has 1 aliphatic rings. The molecule has 0 aromatic rings. The number of hydrogen-bond acceptors (Lipinski definition) is 2. The molecule has 1 rings (SSSR count). The van der Waals surface area contributed by atoms with E-state index >= 15 is 0 Å². The maximum absolute atomic E-state index is 5.94. The predicted molar refractivity (Wildman–Crippen MR) is 78.8 cm³/mol. The van der Waals surface area contributed by atoms with Gasteiger partial charge in [-0.1, -0.05) is 38.3 Å². The minimum atomic E-state index is -0.202. The third-order valence-electron chi connectivity index (χ3n) is 4.02. The van der Waals surface area contributed by atoms with E-state index in [2.05, 4.69) is 46.8 Å². The molecule has 0 saturated carbocycles. The van der Waals surface area contributed by atoms with Gasteiger partial charge in [-0.2, -0.15) is 0 Å². The van der Waals surface area contributed by atoms with Gasteiger partial charge in [-0.3, -0.25) is 0 Å². The molecule has 0 radical (unpaired) electrons. The molecule has 1 saturated heterocycles. The van der Waals surface area contributed by atoms with Crippen LogP contribution in [-0.2, 0) is 9.31 Å². The molecule has 0 aromatic heterocycles. The van der Waals surface area contributed by atoms with Crippen LogP contribution in [0.4, 0.5) is 0 Å². The molecule has 3 heteroatoms. The van der Waals surface area contributed by atoms with Crippen molar-refractivity contribution in [3.63, 3.8) is 0 Å². The molecule has 0 amide bonds. The maximum atomic E-state index is 5.94. The highest BCUT2D eigenvalue weighted by Crippen LogP contribution is 2.37. The molecule has 2 nitrogen and oxygen atoms in total. The number of hydrogen-bond donors (Lipinski definition) is 0. The first kappa shape index (κ1) is 15.8. The lowest BCUT2D eigenvalue weighted by Crippen LogP contribution is -2.41. The van der Waals surface area contributed by atoms with E-state index in [1.807, 2.05) is 0 Å². The largest absolute Gasteiger partial charge is 0.461 e. The zero-order valence-electron chi connectivity index (χ0n) is 12.8. The summed E-state index contributed by atoms with van der Waals surface area (Å²) in [7, 11) is -0.0816. The normalized spacial score (nSPS) is 21.9. The van der Waals surface area contributed by atoms with Gasteiger partial charge in [0.2, 0.25) is 0 Å². The average Bonchev–Trinajstić information content (AvgIpc) is 2.46. The lowest BCUT2D eigenvalue weighted by molar-refractivity contribution is 0.00578.